The van der Waals surface area contributed by atoms with Crippen LogP contribution in [0.3, 0.4) is 0 Å². The molecule has 0 radical (unpaired) electrons. The highest BCUT2D eigenvalue weighted by Gasteiger charge is 2.26. The molecule has 0 fully saturated rings. The van der Waals surface area contributed by atoms with Gasteiger partial charge < -0.3 is 10.1 Å². The maximum Gasteiger partial charge on any atom is 0.244 e. The fourth-order valence-corrected chi connectivity index (χ4v) is 5.33. The van der Waals surface area contributed by atoms with Gasteiger partial charge in [-0.25, -0.2) is 13.4 Å². The third-order valence-electron chi connectivity index (χ3n) is 4.38. The number of carbonyl (C=O) groups is 1. The molecule has 7 nitrogen and oxygen atoms in total. The number of nitrogens with zero attached hydrogens (tertiary/aromatic N) is 1. The summed E-state index contributed by atoms with van der Waals surface area (Å²) in [6.45, 7) is 1.88. The van der Waals surface area contributed by atoms with E-state index in [-0.39, 0.29) is 4.90 Å². The van der Waals surface area contributed by atoms with Gasteiger partial charge in [0.15, 0.2) is 5.13 Å². The topological polar surface area (TPSA) is 97.4 Å². The molecule has 0 bridgehead atoms. The molecule has 0 aliphatic heterocycles. The maximum absolute atomic E-state index is 12.9. The first-order valence-electron chi connectivity index (χ1n) is 9.16. The molecular weight excluding hydrogens is 442 g/mol. The molecule has 3 rings (SSSR count). The quantitative estimate of drug-likeness (QED) is 0.501. The van der Waals surface area contributed by atoms with E-state index in [0.717, 1.165) is 15.8 Å². The molecule has 160 valence electrons. The van der Waals surface area contributed by atoms with Gasteiger partial charge in [-0.2, -0.15) is 16.5 Å². The van der Waals surface area contributed by atoms with Crippen LogP contribution in [0.5, 0.6) is 5.75 Å². The molecule has 0 saturated heterocycles. The van der Waals surface area contributed by atoms with E-state index >= 15 is 0 Å². The summed E-state index contributed by atoms with van der Waals surface area (Å²) >= 11 is 2.85. The van der Waals surface area contributed by atoms with E-state index in [1.165, 1.54) is 23.5 Å². The Balaban J connectivity index is 1.79. The minimum absolute atomic E-state index is 0.127. The number of benzene rings is 2. The number of carbonyl (C=O) groups excluding carboxylic acids is 1. The lowest BCUT2D eigenvalue weighted by molar-refractivity contribution is -0.117. The molecule has 0 spiro atoms. The van der Waals surface area contributed by atoms with Gasteiger partial charge >= 0.3 is 0 Å². The third kappa shape index (κ3) is 5.51. The van der Waals surface area contributed by atoms with Gasteiger partial charge in [0.25, 0.3) is 0 Å². The number of thiazole rings is 1. The Morgan fingerprint density at radius 2 is 1.97 bits per heavy atom. The number of anilines is 1. The first kappa shape index (κ1) is 22.5. The fourth-order valence-electron chi connectivity index (χ4n) is 2.73. The summed E-state index contributed by atoms with van der Waals surface area (Å²) in [5.41, 5.74) is 1.69. The van der Waals surface area contributed by atoms with Crippen molar-refractivity contribution in [2.75, 3.05) is 24.4 Å². The number of fused-ring (bicyclic) bond motifs is 1. The number of rotatable bonds is 9. The molecule has 0 aliphatic carbocycles. The summed E-state index contributed by atoms with van der Waals surface area (Å²) in [7, 11) is -2.25. The van der Waals surface area contributed by atoms with Crippen LogP contribution < -0.4 is 14.8 Å². The van der Waals surface area contributed by atoms with Crippen molar-refractivity contribution in [2.24, 2.45) is 0 Å². The van der Waals surface area contributed by atoms with Crippen molar-refractivity contribution < 1.29 is 17.9 Å². The normalized spacial score (nSPS) is 12.6. The molecule has 1 atom stereocenters. The molecule has 10 heteroatoms. The van der Waals surface area contributed by atoms with Crippen LogP contribution in [0.25, 0.3) is 10.2 Å². The number of ether oxygens (including phenoxy) is 1. The van der Waals surface area contributed by atoms with E-state index in [1.807, 2.05) is 25.3 Å². The number of hydrogen-bond donors (Lipinski definition) is 2. The summed E-state index contributed by atoms with van der Waals surface area (Å²) in [6.07, 6.45) is 2.27. The van der Waals surface area contributed by atoms with Gasteiger partial charge in [0, 0.05) is 0 Å². The second kappa shape index (κ2) is 9.78. The van der Waals surface area contributed by atoms with Crippen molar-refractivity contribution in [2.45, 2.75) is 24.3 Å². The van der Waals surface area contributed by atoms with Gasteiger partial charge in [0.1, 0.15) is 11.8 Å². The summed E-state index contributed by atoms with van der Waals surface area (Å²) in [4.78, 5) is 17.4. The summed E-state index contributed by atoms with van der Waals surface area (Å²) in [5.74, 6) is 0.893. The Morgan fingerprint density at radius 3 is 2.63 bits per heavy atom. The number of methoxy groups -OCH3 is 1. The van der Waals surface area contributed by atoms with E-state index in [2.05, 4.69) is 15.0 Å². The van der Waals surface area contributed by atoms with Crippen LogP contribution in [-0.4, -0.2) is 44.5 Å². The highest BCUT2D eigenvalue weighted by molar-refractivity contribution is 7.98. The van der Waals surface area contributed by atoms with E-state index in [0.29, 0.717) is 23.1 Å². The molecular formula is C20H23N3O4S3. The lowest BCUT2D eigenvalue weighted by Gasteiger charge is -2.17. The van der Waals surface area contributed by atoms with Crippen molar-refractivity contribution in [1.82, 2.24) is 9.71 Å². The van der Waals surface area contributed by atoms with Crippen molar-refractivity contribution >= 4 is 54.4 Å². The van der Waals surface area contributed by atoms with Gasteiger partial charge in [-0.05, 0) is 55.7 Å². The second-order valence-corrected chi connectivity index (χ2v) is 10.3. The molecule has 1 heterocycles. The largest absolute Gasteiger partial charge is 0.497 e. The molecule has 30 heavy (non-hydrogen) atoms. The number of amides is 1. The first-order chi connectivity index (χ1) is 14.3. The average molecular weight is 466 g/mol. The SMILES string of the molecule is COc1ccc2nc(NC(=O)C(CCSC)NS(=O)(=O)c3ccc(C)cc3)sc2c1. The van der Waals surface area contributed by atoms with E-state index < -0.39 is 22.0 Å². The zero-order valence-electron chi connectivity index (χ0n) is 16.8. The van der Waals surface area contributed by atoms with E-state index in [1.54, 1.807) is 37.1 Å². The van der Waals surface area contributed by atoms with Gasteiger partial charge in [0.05, 0.1) is 22.2 Å². The van der Waals surface area contributed by atoms with Crippen molar-refractivity contribution in [3.8, 4) is 5.75 Å². The van der Waals surface area contributed by atoms with Crippen LogP contribution in [0, 0.1) is 6.92 Å². The minimum Gasteiger partial charge on any atom is -0.497 e. The Kier molecular flexibility index (Phi) is 7.35. The van der Waals surface area contributed by atoms with Gasteiger partial charge in [0.2, 0.25) is 15.9 Å². The molecule has 0 aliphatic rings. The first-order valence-corrected chi connectivity index (χ1v) is 12.8. The zero-order chi connectivity index (χ0) is 21.7. The predicted octanol–water partition coefficient (Wildman–Crippen LogP) is 3.65. The summed E-state index contributed by atoms with van der Waals surface area (Å²) in [5, 5.41) is 3.16. The molecule has 1 aromatic heterocycles. The Bertz CT molecular complexity index is 1130. The van der Waals surface area contributed by atoms with Crippen molar-refractivity contribution in [1.29, 1.82) is 0 Å². The zero-order valence-corrected chi connectivity index (χ0v) is 19.3. The smallest absolute Gasteiger partial charge is 0.244 e. The number of aromatic nitrogens is 1. The maximum atomic E-state index is 12.9. The fraction of sp³-hybridized carbons (Fsp3) is 0.300. The predicted molar refractivity (Wildman–Crippen MR) is 123 cm³/mol. The number of thioether (sulfide) groups is 1. The highest BCUT2D eigenvalue weighted by Crippen LogP contribution is 2.29. The molecule has 1 amide bonds. The van der Waals surface area contributed by atoms with Crippen LogP contribution in [0.2, 0.25) is 0 Å². The minimum atomic E-state index is -3.83. The Labute approximate surface area is 184 Å². The molecule has 3 aromatic rings. The number of nitrogens with one attached hydrogen (secondary N) is 2. The Morgan fingerprint density at radius 1 is 1.23 bits per heavy atom. The monoisotopic (exact) mass is 465 g/mol. The van der Waals surface area contributed by atoms with Gasteiger partial charge in [-0.15, -0.1) is 0 Å². The highest BCUT2D eigenvalue weighted by atomic mass is 32.2. The van der Waals surface area contributed by atoms with Crippen LogP contribution in [0.15, 0.2) is 47.4 Å². The third-order valence-corrected chi connectivity index (χ3v) is 7.45. The molecule has 1 unspecified atom stereocenters. The molecule has 2 N–H and O–H groups in total. The van der Waals surface area contributed by atoms with Gasteiger partial charge in [-0.1, -0.05) is 29.0 Å². The van der Waals surface area contributed by atoms with Crippen molar-refractivity contribution in [3.05, 3.63) is 48.0 Å². The number of hydrogen-bond acceptors (Lipinski definition) is 7. The van der Waals surface area contributed by atoms with Crippen LogP contribution in [0.4, 0.5) is 5.13 Å². The van der Waals surface area contributed by atoms with Crippen molar-refractivity contribution in [3.63, 3.8) is 0 Å². The average Bonchev–Trinajstić information content (AvgIpc) is 3.12. The number of sulfonamides is 1. The molecule has 0 saturated carbocycles. The lowest BCUT2D eigenvalue weighted by atomic mass is 10.2. The standard InChI is InChI=1S/C20H23N3O4S3/c1-13-4-7-15(8-5-13)30(25,26)23-17(10-11-28-3)19(24)22-20-21-16-9-6-14(27-2)12-18(16)29-20/h4-9,12,17,23H,10-11H2,1-3H3,(H,21,22,24). The van der Waals surface area contributed by atoms with E-state index in [4.69, 9.17) is 4.74 Å². The summed E-state index contributed by atoms with van der Waals surface area (Å²) in [6, 6.07) is 11.0. The van der Waals surface area contributed by atoms with Crippen LogP contribution in [0.1, 0.15) is 12.0 Å². The van der Waals surface area contributed by atoms with E-state index in [9.17, 15) is 13.2 Å². The van der Waals surface area contributed by atoms with Crippen LogP contribution in [-0.2, 0) is 14.8 Å². The second-order valence-electron chi connectivity index (χ2n) is 6.61. The number of aryl methyl sites for hydroxylation is 1. The van der Waals surface area contributed by atoms with Gasteiger partial charge in [-0.3, -0.25) is 4.79 Å². The lowest BCUT2D eigenvalue weighted by Crippen LogP contribution is -2.44. The summed E-state index contributed by atoms with van der Waals surface area (Å²) < 4.78 is 34.1. The van der Waals surface area contributed by atoms with Crippen LogP contribution >= 0.6 is 23.1 Å². The Hall–Kier alpha value is -2.14. The molecule has 2 aromatic carbocycles.